The van der Waals surface area contributed by atoms with Crippen LogP contribution in [-0.4, -0.2) is 107 Å². The summed E-state index contributed by atoms with van der Waals surface area (Å²) < 4.78 is 34.3. The highest BCUT2D eigenvalue weighted by Gasteiger charge is 2.71. The van der Waals surface area contributed by atoms with Crippen LogP contribution in [0.5, 0.6) is 0 Å². The fraction of sp³-hybridized carbons (Fsp3) is 0.414. The second-order valence-electron chi connectivity index (χ2n) is 11.4. The smallest absolute Gasteiger partial charge is 0.328 e. The second kappa shape index (κ2) is 10.3. The molecule has 3 amide bonds. The topological polar surface area (TPSA) is 146 Å². The van der Waals surface area contributed by atoms with Crippen LogP contribution in [0, 0.1) is 16.0 Å². The van der Waals surface area contributed by atoms with Crippen LogP contribution in [0.4, 0.5) is 10.5 Å². The first-order chi connectivity index (χ1) is 20.7. The SMILES string of the molecule is O=C1N(CCN2CCOCC2)C(=O)C23CN(S(=O)(=O)c4ccccc4[N+](=O)[O-])CC2CC(c2ccnc4ccccc24)N13. The molecule has 14 heteroatoms. The van der Waals surface area contributed by atoms with Gasteiger partial charge in [0, 0.05) is 62.8 Å². The fourth-order valence-electron chi connectivity index (χ4n) is 7.24. The molecule has 1 spiro atoms. The molecule has 224 valence electrons. The number of hydrogen-bond donors (Lipinski definition) is 0. The van der Waals surface area contributed by atoms with E-state index in [1.54, 1.807) is 11.1 Å². The minimum atomic E-state index is -4.35. The summed E-state index contributed by atoms with van der Waals surface area (Å²) in [5.41, 5.74) is -0.346. The van der Waals surface area contributed by atoms with Gasteiger partial charge in [0.1, 0.15) is 5.54 Å². The Hall–Kier alpha value is -3.98. The van der Waals surface area contributed by atoms with E-state index in [1.807, 2.05) is 30.3 Å². The largest absolute Gasteiger partial charge is 0.379 e. The van der Waals surface area contributed by atoms with Gasteiger partial charge >= 0.3 is 6.03 Å². The molecular weight excluding hydrogens is 576 g/mol. The zero-order valence-corrected chi connectivity index (χ0v) is 24.1. The zero-order chi connectivity index (χ0) is 29.9. The third-order valence-electron chi connectivity index (χ3n) is 9.28. The first-order valence-electron chi connectivity index (χ1n) is 14.3. The Morgan fingerprint density at radius 1 is 1.02 bits per heavy atom. The van der Waals surface area contributed by atoms with Gasteiger partial charge in [0.25, 0.3) is 11.6 Å². The quantitative estimate of drug-likeness (QED) is 0.224. The highest BCUT2D eigenvalue weighted by Crippen LogP contribution is 2.56. The first-order valence-corrected chi connectivity index (χ1v) is 15.7. The fourth-order valence-corrected chi connectivity index (χ4v) is 8.92. The molecule has 2 aromatic carbocycles. The number of rotatable bonds is 7. The van der Waals surface area contributed by atoms with Gasteiger partial charge in [-0.1, -0.05) is 30.3 Å². The first kappa shape index (κ1) is 27.8. The maximum absolute atomic E-state index is 14.4. The van der Waals surface area contributed by atoms with Crippen LogP contribution in [0.15, 0.2) is 65.7 Å². The van der Waals surface area contributed by atoms with Gasteiger partial charge in [0.15, 0.2) is 4.90 Å². The molecule has 5 heterocycles. The van der Waals surface area contributed by atoms with E-state index in [9.17, 15) is 28.1 Å². The number of pyridine rings is 1. The normalized spacial score (nSPS) is 26.3. The Labute approximate surface area is 247 Å². The van der Waals surface area contributed by atoms with Crippen molar-refractivity contribution in [2.75, 3.05) is 52.5 Å². The van der Waals surface area contributed by atoms with Crippen molar-refractivity contribution in [3.05, 3.63) is 76.5 Å². The highest BCUT2D eigenvalue weighted by atomic mass is 32.2. The summed E-state index contributed by atoms with van der Waals surface area (Å²) in [7, 11) is -4.35. The minimum absolute atomic E-state index is 0.0410. The highest BCUT2D eigenvalue weighted by molar-refractivity contribution is 7.89. The van der Waals surface area contributed by atoms with E-state index in [1.165, 1.54) is 23.1 Å². The van der Waals surface area contributed by atoms with Crippen molar-refractivity contribution in [1.29, 1.82) is 0 Å². The summed E-state index contributed by atoms with van der Waals surface area (Å²) >= 11 is 0. The van der Waals surface area contributed by atoms with Gasteiger partial charge in [-0.3, -0.25) is 29.7 Å². The molecule has 4 fully saturated rings. The predicted octanol–water partition coefficient (Wildman–Crippen LogP) is 2.24. The van der Waals surface area contributed by atoms with Gasteiger partial charge in [-0.25, -0.2) is 13.2 Å². The molecule has 13 nitrogen and oxygen atoms in total. The van der Waals surface area contributed by atoms with Crippen LogP contribution in [0.1, 0.15) is 18.0 Å². The monoisotopic (exact) mass is 606 g/mol. The molecule has 4 aliphatic heterocycles. The lowest BCUT2D eigenvalue weighted by Crippen LogP contribution is -2.52. The number of benzene rings is 2. The molecule has 0 aliphatic carbocycles. The Kier molecular flexibility index (Phi) is 6.69. The van der Waals surface area contributed by atoms with Gasteiger partial charge in [0.2, 0.25) is 10.0 Å². The molecule has 0 saturated carbocycles. The number of nitro benzene ring substituents is 1. The number of morpholine rings is 1. The molecule has 3 aromatic rings. The Morgan fingerprint density at radius 2 is 1.77 bits per heavy atom. The molecular formula is C29H30N6O7S. The van der Waals surface area contributed by atoms with Gasteiger partial charge in [0.05, 0.1) is 29.7 Å². The number of carbonyl (C=O) groups is 2. The van der Waals surface area contributed by atoms with E-state index < -0.39 is 55.0 Å². The van der Waals surface area contributed by atoms with Crippen LogP contribution >= 0.6 is 0 Å². The number of amides is 3. The Bertz CT molecular complexity index is 1740. The third kappa shape index (κ3) is 4.23. The van der Waals surface area contributed by atoms with E-state index in [2.05, 4.69) is 9.88 Å². The second-order valence-corrected chi connectivity index (χ2v) is 13.3. The van der Waals surface area contributed by atoms with Gasteiger partial charge in [-0.05, 0) is 30.2 Å². The number of hydrogen-bond acceptors (Lipinski definition) is 9. The summed E-state index contributed by atoms with van der Waals surface area (Å²) in [5.74, 6) is -0.927. The lowest BCUT2D eigenvalue weighted by Gasteiger charge is -2.32. The maximum Gasteiger partial charge on any atom is 0.328 e. The number of nitro groups is 1. The third-order valence-corrected chi connectivity index (χ3v) is 11.1. The van der Waals surface area contributed by atoms with E-state index >= 15 is 0 Å². The molecule has 3 unspecified atom stereocenters. The lowest BCUT2D eigenvalue weighted by atomic mass is 9.87. The van der Waals surface area contributed by atoms with Crippen LogP contribution in [-0.2, 0) is 19.6 Å². The van der Waals surface area contributed by atoms with Crippen molar-refractivity contribution in [1.82, 2.24) is 24.0 Å². The molecule has 0 N–H and O–H groups in total. The number of carbonyl (C=O) groups excluding carboxylic acids is 2. The number of sulfonamides is 1. The van der Waals surface area contributed by atoms with Crippen LogP contribution in [0.3, 0.4) is 0 Å². The lowest BCUT2D eigenvalue weighted by molar-refractivity contribution is -0.387. The van der Waals surface area contributed by atoms with Gasteiger partial charge < -0.3 is 9.64 Å². The standard InChI is InChI=1S/C29H30N6O7S/c36-27-29-19-32(43(40,41)26-8-4-3-7-24(26)35(38)39)18-20(29)17-25(22-9-10-30-23-6-2-1-5-21(22)23)34(29)28(37)33(27)12-11-31-13-15-42-16-14-31/h1-10,20,25H,11-19H2. The molecule has 3 atom stereocenters. The van der Waals surface area contributed by atoms with Crippen molar-refractivity contribution in [3.8, 4) is 0 Å². The molecule has 0 bridgehead atoms. The molecule has 4 aliphatic rings. The average Bonchev–Trinajstić information content (AvgIpc) is 3.62. The minimum Gasteiger partial charge on any atom is -0.379 e. The van der Waals surface area contributed by atoms with Crippen molar-refractivity contribution in [2.45, 2.75) is 22.9 Å². The molecule has 4 saturated heterocycles. The number of para-hydroxylation sites is 2. The van der Waals surface area contributed by atoms with Crippen molar-refractivity contribution in [2.24, 2.45) is 5.92 Å². The number of aromatic nitrogens is 1. The number of fused-ring (bicyclic) bond motifs is 1. The predicted molar refractivity (Wildman–Crippen MR) is 153 cm³/mol. The Morgan fingerprint density at radius 3 is 2.56 bits per heavy atom. The molecule has 7 rings (SSSR count). The molecule has 0 radical (unpaired) electrons. The summed E-state index contributed by atoms with van der Waals surface area (Å²) in [6.45, 7) is 2.89. The van der Waals surface area contributed by atoms with Crippen LogP contribution in [0.25, 0.3) is 10.9 Å². The number of urea groups is 1. The van der Waals surface area contributed by atoms with Crippen LogP contribution < -0.4 is 0 Å². The number of ether oxygens (including phenoxy) is 1. The van der Waals surface area contributed by atoms with E-state index in [4.69, 9.17) is 4.74 Å². The summed E-state index contributed by atoms with van der Waals surface area (Å²) in [5, 5.41) is 12.6. The summed E-state index contributed by atoms with van der Waals surface area (Å²) in [6, 6.07) is 13.7. The zero-order valence-electron chi connectivity index (χ0n) is 23.2. The summed E-state index contributed by atoms with van der Waals surface area (Å²) in [6.07, 6.45) is 2.05. The number of nitrogens with zero attached hydrogens (tertiary/aromatic N) is 6. The van der Waals surface area contributed by atoms with Gasteiger partial charge in [-0.15, -0.1) is 0 Å². The van der Waals surface area contributed by atoms with Crippen LogP contribution in [0.2, 0.25) is 0 Å². The number of imide groups is 1. The van der Waals surface area contributed by atoms with E-state index in [-0.39, 0.29) is 19.6 Å². The summed E-state index contributed by atoms with van der Waals surface area (Å²) in [4.78, 5) is 48.6. The Balaban J connectivity index is 1.28. The molecule has 1 aromatic heterocycles. The van der Waals surface area contributed by atoms with Crippen molar-refractivity contribution >= 4 is 38.6 Å². The average molecular weight is 607 g/mol. The van der Waals surface area contributed by atoms with Crippen molar-refractivity contribution in [3.63, 3.8) is 0 Å². The van der Waals surface area contributed by atoms with E-state index in [0.29, 0.717) is 39.3 Å². The van der Waals surface area contributed by atoms with Gasteiger partial charge in [-0.2, -0.15) is 4.31 Å². The van der Waals surface area contributed by atoms with Crippen molar-refractivity contribution < 1.29 is 27.7 Å². The van der Waals surface area contributed by atoms with E-state index in [0.717, 1.165) is 26.8 Å². The maximum atomic E-state index is 14.4. The molecule has 43 heavy (non-hydrogen) atoms.